The number of hydrogen-bond donors (Lipinski definition) is 2. The van der Waals surface area contributed by atoms with Crippen LogP contribution in [0.4, 0.5) is 0 Å². The average Bonchev–Trinajstić information content (AvgIpc) is 2.78. The standard InChI is InChI=1S/C17H31N3O3S/c1-3-17(2,19)9-7-11-24-13-12-15(22)20(16(13)23)10-6-4-5-8-14(18)21/h13H,3-12,19H2,1-2H3,(H2,18,21). The first kappa shape index (κ1) is 21.0. The number of nitrogens with zero attached hydrogens (tertiary/aromatic N) is 1. The Morgan fingerprint density at radius 3 is 2.62 bits per heavy atom. The Balaban J connectivity index is 2.26. The molecule has 3 amide bonds. The number of carbonyl (C=O) groups excluding carboxylic acids is 3. The van der Waals surface area contributed by atoms with Gasteiger partial charge in [0.1, 0.15) is 0 Å². The second-order valence-corrected chi connectivity index (χ2v) is 8.15. The first-order valence-electron chi connectivity index (χ1n) is 8.80. The number of likely N-dealkylation sites (tertiary alicyclic amines) is 1. The summed E-state index contributed by atoms with van der Waals surface area (Å²) in [6, 6.07) is 0. The highest BCUT2D eigenvalue weighted by Crippen LogP contribution is 2.27. The lowest BCUT2D eigenvalue weighted by molar-refractivity contribution is -0.138. The maximum Gasteiger partial charge on any atom is 0.242 e. The third-order valence-corrected chi connectivity index (χ3v) is 5.82. The van der Waals surface area contributed by atoms with Crippen LogP contribution in [0.5, 0.6) is 0 Å². The zero-order chi connectivity index (χ0) is 18.2. The van der Waals surface area contributed by atoms with Gasteiger partial charge in [-0.05, 0) is 44.8 Å². The summed E-state index contributed by atoms with van der Waals surface area (Å²) in [5.74, 6) is 0.398. The monoisotopic (exact) mass is 357 g/mol. The summed E-state index contributed by atoms with van der Waals surface area (Å²) in [7, 11) is 0. The van der Waals surface area contributed by atoms with E-state index >= 15 is 0 Å². The molecule has 1 heterocycles. The average molecular weight is 358 g/mol. The summed E-state index contributed by atoms with van der Waals surface area (Å²) in [5, 5.41) is -0.242. The van der Waals surface area contributed by atoms with E-state index in [9.17, 15) is 14.4 Å². The fraction of sp³-hybridized carbons (Fsp3) is 0.824. The molecule has 24 heavy (non-hydrogen) atoms. The van der Waals surface area contributed by atoms with Gasteiger partial charge in [0.15, 0.2) is 0 Å². The van der Waals surface area contributed by atoms with Crippen molar-refractivity contribution < 1.29 is 14.4 Å². The molecule has 0 aromatic heterocycles. The lowest BCUT2D eigenvalue weighted by Crippen LogP contribution is -2.35. The Kier molecular flexibility index (Phi) is 8.76. The number of amides is 3. The van der Waals surface area contributed by atoms with Crippen LogP contribution in [0.1, 0.15) is 65.2 Å². The quantitative estimate of drug-likeness (QED) is 0.409. The number of thioether (sulfide) groups is 1. The van der Waals surface area contributed by atoms with Crippen molar-refractivity contribution in [3.05, 3.63) is 0 Å². The van der Waals surface area contributed by atoms with Crippen LogP contribution in [-0.4, -0.2) is 45.7 Å². The van der Waals surface area contributed by atoms with Gasteiger partial charge in [0.05, 0.1) is 5.25 Å². The zero-order valence-corrected chi connectivity index (χ0v) is 15.7. The molecule has 7 heteroatoms. The SMILES string of the molecule is CCC(C)(N)CCCSC1CC(=O)N(CCCCCC(N)=O)C1=O. The van der Waals surface area contributed by atoms with Crippen LogP contribution < -0.4 is 11.5 Å². The first-order valence-corrected chi connectivity index (χ1v) is 9.84. The van der Waals surface area contributed by atoms with E-state index in [4.69, 9.17) is 11.5 Å². The summed E-state index contributed by atoms with van der Waals surface area (Å²) in [6.45, 7) is 4.57. The maximum absolute atomic E-state index is 12.3. The van der Waals surface area contributed by atoms with Gasteiger partial charge < -0.3 is 11.5 Å². The van der Waals surface area contributed by atoms with Crippen molar-refractivity contribution in [2.24, 2.45) is 11.5 Å². The molecule has 1 rings (SSSR count). The van der Waals surface area contributed by atoms with Crippen molar-refractivity contribution in [2.75, 3.05) is 12.3 Å². The molecule has 0 aliphatic carbocycles. The molecular formula is C17H31N3O3S. The fourth-order valence-corrected chi connectivity index (χ4v) is 3.77. The van der Waals surface area contributed by atoms with Gasteiger partial charge in [0, 0.05) is 24.9 Å². The number of rotatable bonds is 12. The van der Waals surface area contributed by atoms with E-state index in [2.05, 4.69) is 6.92 Å². The number of unbranched alkanes of at least 4 members (excludes halogenated alkanes) is 2. The third-order valence-electron chi connectivity index (χ3n) is 4.53. The lowest BCUT2D eigenvalue weighted by atomic mass is 9.95. The lowest BCUT2D eigenvalue weighted by Gasteiger charge is -2.22. The molecule has 2 unspecified atom stereocenters. The van der Waals surface area contributed by atoms with E-state index in [0.29, 0.717) is 25.8 Å². The maximum atomic E-state index is 12.3. The van der Waals surface area contributed by atoms with Crippen molar-refractivity contribution in [3.8, 4) is 0 Å². The molecule has 0 aromatic rings. The molecule has 1 saturated heterocycles. The van der Waals surface area contributed by atoms with Gasteiger partial charge in [-0.2, -0.15) is 0 Å². The minimum Gasteiger partial charge on any atom is -0.370 e. The predicted molar refractivity (Wildman–Crippen MR) is 97.4 cm³/mol. The Morgan fingerprint density at radius 1 is 1.29 bits per heavy atom. The number of carbonyl (C=O) groups is 3. The molecule has 1 aliphatic heterocycles. The van der Waals surface area contributed by atoms with Gasteiger partial charge in [-0.3, -0.25) is 19.3 Å². The molecule has 6 nitrogen and oxygen atoms in total. The molecule has 1 fully saturated rings. The van der Waals surface area contributed by atoms with Gasteiger partial charge in [-0.25, -0.2) is 0 Å². The summed E-state index contributed by atoms with van der Waals surface area (Å²) >= 11 is 1.57. The highest BCUT2D eigenvalue weighted by Gasteiger charge is 2.38. The second-order valence-electron chi connectivity index (χ2n) is 6.84. The van der Waals surface area contributed by atoms with Crippen LogP contribution >= 0.6 is 11.8 Å². The van der Waals surface area contributed by atoms with E-state index in [0.717, 1.165) is 37.9 Å². The van der Waals surface area contributed by atoms with Crippen molar-refractivity contribution in [1.29, 1.82) is 0 Å². The van der Waals surface area contributed by atoms with E-state index in [1.165, 1.54) is 4.90 Å². The van der Waals surface area contributed by atoms with Gasteiger partial charge in [-0.1, -0.05) is 13.3 Å². The van der Waals surface area contributed by atoms with Crippen molar-refractivity contribution >= 4 is 29.5 Å². The van der Waals surface area contributed by atoms with Crippen LogP contribution in [0, 0.1) is 0 Å². The van der Waals surface area contributed by atoms with Gasteiger partial charge >= 0.3 is 0 Å². The summed E-state index contributed by atoms with van der Waals surface area (Å²) in [6.07, 6.45) is 5.71. The topological polar surface area (TPSA) is 106 Å². The normalized spacial score (nSPS) is 20.5. The zero-order valence-electron chi connectivity index (χ0n) is 14.9. The summed E-state index contributed by atoms with van der Waals surface area (Å²) < 4.78 is 0. The number of imide groups is 1. The minimum absolute atomic E-state index is 0.0640. The van der Waals surface area contributed by atoms with Gasteiger partial charge in [-0.15, -0.1) is 11.8 Å². The molecule has 0 saturated carbocycles. The Hall–Kier alpha value is -1.08. The molecule has 1 aliphatic rings. The smallest absolute Gasteiger partial charge is 0.242 e. The van der Waals surface area contributed by atoms with E-state index in [1.807, 2.05) is 6.92 Å². The predicted octanol–water partition coefficient (Wildman–Crippen LogP) is 1.80. The van der Waals surface area contributed by atoms with E-state index in [-0.39, 0.29) is 28.5 Å². The Bertz CT molecular complexity index is 454. The largest absolute Gasteiger partial charge is 0.370 e. The minimum atomic E-state index is -0.309. The fourth-order valence-electron chi connectivity index (χ4n) is 2.64. The Morgan fingerprint density at radius 2 is 2.00 bits per heavy atom. The number of nitrogens with two attached hydrogens (primary N) is 2. The molecule has 4 N–H and O–H groups in total. The van der Waals surface area contributed by atoms with Gasteiger partial charge in [0.2, 0.25) is 17.7 Å². The van der Waals surface area contributed by atoms with Crippen LogP contribution in [-0.2, 0) is 14.4 Å². The van der Waals surface area contributed by atoms with Crippen LogP contribution in [0.25, 0.3) is 0 Å². The summed E-state index contributed by atoms with van der Waals surface area (Å²) in [4.78, 5) is 36.4. The number of hydrogen-bond acceptors (Lipinski definition) is 5. The summed E-state index contributed by atoms with van der Waals surface area (Å²) in [5.41, 5.74) is 11.1. The molecule has 0 spiro atoms. The highest BCUT2D eigenvalue weighted by molar-refractivity contribution is 8.00. The molecule has 138 valence electrons. The van der Waals surface area contributed by atoms with Crippen molar-refractivity contribution in [2.45, 2.75) is 76.0 Å². The molecule has 0 aromatic carbocycles. The molecule has 0 bridgehead atoms. The van der Waals surface area contributed by atoms with E-state index < -0.39 is 0 Å². The number of primary amides is 1. The first-order chi connectivity index (χ1) is 11.3. The van der Waals surface area contributed by atoms with Crippen LogP contribution in [0.2, 0.25) is 0 Å². The van der Waals surface area contributed by atoms with Crippen LogP contribution in [0.15, 0.2) is 0 Å². The molecule has 2 atom stereocenters. The molecular weight excluding hydrogens is 326 g/mol. The van der Waals surface area contributed by atoms with E-state index in [1.54, 1.807) is 11.8 Å². The van der Waals surface area contributed by atoms with Crippen LogP contribution in [0.3, 0.4) is 0 Å². The van der Waals surface area contributed by atoms with Crippen molar-refractivity contribution in [3.63, 3.8) is 0 Å². The second kappa shape index (κ2) is 10.0. The highest BCUT2D eigenvalue weighted by atomic mass is 32.2. The van der Waals surface area contributed by atoms with Gasteiger partial charge in [0.25, 0.3) is 0 Å². The molecule has 0 radical (unpaired) electrons. The Labute approximate surface area is 149 Å². The third kappa shape index (κ3) is 7.21. The van der Waals surface area contributed by atoms with Crippen molar-refractivity contribution in [1.82, 2.24) is 4.90 Å².